The first kappa shape index (κ1) is 21.3. The quantitative estimate of drug-likeness (QED) is 0.305. The van der Waals surface area contributed by atoms with E-state index in [-0.39, 0.29) is 18.2 Å². The first-order chi connectivity index (χ1) is 14.2. The third kappa shape index (κ3) is 5.80. The highest BCUT2D eigenvalue weighted by Gasteiger charge is 2.16. The van der Waals surface area contributed by atoms with Gasteiger partial charge in [-0.1, -0.05) is 48.5 Å². The molecule has 0 unspecified atom stereocenters. The Hall–Kier alpha value is -3.40. The Bertz CT molecular complexity index is 1090. The van der Waals surface area contributed by atoms with E-state index in [0.29, 0.717) is 5.56 Å². The van der Waals surface area contributed by atoms with Crippen LogP contribution in [0.5, 0.6) is 5.75 Å². The number of methoxy groups -OCH3 is 1. The molecule has 4 nitrogen and oxygen atoms in total. The average Bonchev–Trinajstić information content (AvgIpc) is 2.70. The van der Waals surface area contributed by atoms with E-state index >= 15 is 0 Å². The number of allylic oxidation sites excluding steroid dienone is 1. The van der Waals surface area contributed by atoms with Crippen LogP contribution in [-0.2, 0) is 16.0 Å². The highest BCUT2D eigenvalue weighted by atomic mass is 16.6. The molecule has 0 fully saturated rings. The Balaban J connectivity index is 1.66. The van der Waals surface area contributed by atoms with Gasteiger partial charge in [-0.2, -0.15) is 0 Å². The van der Waals surface area contributed by atoms with E-state index < -0.39 is 5.60 Å². The van der Waals surface area contributed by atoms with E-state index in [2.05, 4.69) is 0 Å². The van der Waals surface area contributed by atoms with Gasteiger partial charge in [-0.15, -0.1) is 0 Å². The van der Waals surface area contributed by atoms with Crippen molar-refractivity contribution in [2.75, 3.05) is 7.11 Å². The topological polar surface area (TPSA) is 52.6 Å². The van der Waals surface area contributed by atoms with Gasteiger partial charge in [0.2, 0.25) is 0 Å². The fourth-order valence-electron chi connectivity index (χ4n) is 3.07. The summed E-state index contributed by atoms with van der Waals surface area (Å²) < 4.78 is 10.6. The van der Waals surface area contributed by atoms with E-state index in [1.165, 1.54) is 0 Å². The predicted octanol–water partition coefficient (Wildman–Crippen LogP) is 5.63. The molecule has 4 heteroatoms. The van der Waals surface area contributed by atoms with Gasteiger partial charge in [-0.25, -0.2) is 0 Å². The first-order valence-electron chi connectivity index (χ1n) is 9.84. The molecule has 0 amide bonds. The summed E-state index contributed by atoms with van der Waals surface area (Å²) in [7, 11) is 1.65. The van der Waals surface area contributed by atoms with Gasteiger partial charge >= 0.3 is 5.97 Å². The summed E-state index contributed by atoms with van der Waals surface area (Å²) in [5.41, 5.74) is 1.83. The molecule has 0 atom stereocenters. The van der Waals surface area contributed by atoms with Crippen molar-refractivity contribution in [2.24, 2.45) is 0 Å². The minimum Gasteiger partial charge on any atom is -0.497 e. The van der Waals surface area contributed by atoms with Crippen molar-refractivity contribution < 1.29 is 19.1 Å². The number of hydrogen-bond donors (Lipinski definition) is 0. The van der Waals surface area contributed by atoms with Gasteiger partial charge in [0.1, 0.15) is 11.4 Å². The van der Waals surface area contributed by atoms with E-state index in [1.807, 2.05) is 57.2 Å². The molecule has 0 bridgehead atoms. The van der Waals surface area contributed by atoms with Crippen LogP contribution >= 0.6 is 0 Å². The number of ketones is 1. The lowest BCUT2D eigenvalue weighted by Crippen LogP contribution is -2.24. The Morgan fingerprint density at radius 1 is 0.900 bits per heavy atom. The van der Waals surface area contributed by atoms with Crippen LogP contribution in [-0.4, -0.2) is 24.5 Å². The molecule has 154 valence electrons. The van der Waals surface area contributed by atoms with Crippen molar-refractivity contribution in [1.82, 2.24) is 0 Å². The van der Waals surface area contributed by atoms with Crippen LogP contribution in [0.25, 0.3) is 16.8 Å². The fraction of sp³-hybridized carbons (Fsp3) is 0.231. The Kier molecular flexibility index (Phi) is 6.36. The van der Waals surface area contributed by atoms with Gasteiger partial charge in [0.05, 0.1) is 13.5 Å². The Morgan fingerprint density at radius 3 is 2.23 bits per heavy atom. The third-order valence-electron chi connectivity index (χ3n) is 4.51. The lowest BCUT2D eigenvalue weighted by molar-refractivity contribution is -0.153. The van der Waals surface area contributed by atoms with Crippen LogP contribution in [0.15, 0.2) is 66.7 Å². The van der Waals surface area contributed by atoms with Gasteiger partial charge in [-0.3, -0.25) is 9.59 Å². The molecule has 0 aromatic heterocycles. The average molecular weight is 402 g/mol. The molecule has 3 aromatic carbocycles. The normalized spacial score (nSPS) is 11.6. The smallest absolute Gasteiger partial charge is 0.310 e. The van der Waals surface area contributed by atoms with Crippen molar-refractivity contribution in [1.29, 1.82) is 0 Å². The minimum absolute atomic E-state index is 0.0892. The molecule has 0 spiro atoms. The molecule has 0 N–H and O–H groups in total. The lowest BCUT2D eigenvalue weighted by Gasteiger charge is -2.19. The summed E-state index contributed by atoms with van der Waals surface area (Å²) in [4.78, 5) is 24.4. The molecule has 0 saturated carbocycles. The minimum atomic E-state index is -0.507. The summed E-state index contributed by atoms with van der Waals surface area (Å²) in [5, 5.41) is 2.16. The maximum absolute atomic E-state index is 12.5. The van der Waals surface area contributed by atoms with Crippen LogP contribution in [0.4, 0.5) is 0 Å². The molecule has 0 aliphatic heterocycles. The SMILES string of the molecule is COc1ccc2cc(/C=C/C(=O)c3ccc(CC(=O)OC(C)(C)C)cc3)ccc2c1. The summed E-state index contributed by atoms with van der Waals surface area (Å²) >= 11 is 0. The second-order valence-corrected chi connectivity index (χ2v) is 8.13. The van der Waals surface area contributed by atoms with E-state index in [9.17, 15) is 9.59 Å². The molecular formula is C26H26O4. The Labute approximate surface area is 177 Å². The first-order valence-corrected chi connectivity index (χ1v) is 9.84. The van der Waals surface area contributed by atoms with E-state index in [1.54, 1.807) is 43.5 Å². The van der Waals surface area contributed by atoms with Gasteiger partial charge in [-0.05, 0) is 66.9 Å². The Morgan fingerprint density at radius 2 is 1.57 bits per heavy atom. The highest BCUT2D eigenvalue weighted by Crippen LogP contribution is 2.22. The van der Waals surface area contributed by atoms with Gasteiger partial charge in [0.25, 0.3) is 0 Å². The lowest BCUT2D eigenvalue weighted by atomic mass is 10.0. The zero-order chi connectivity index (χ0) is 21.7. The molecule has 0 radical (unpaired) electrons. The van der Waals surface area contributed by atoms with E-state index in [4.69, 9.17) is 9.47 Å². The number of benzene rings is 3. The molecular weight excluding hydrogens is 376 g/mol. The molecule has 0 aliphatic carbocycles. The zero-order valence-corrected chi connectivity index (χ0v) is 17.8. The number of hydrogen-bond acceptors (Lipinski definition) is 4. The predicted molar refractivity (Wildman–Crippen MR) is 120 cm³/mol. The van der Waals surface area contributed by atoms with Crippen LogP contribution in [0, 0.1) is 0 Å². The molecule has 30 heavy (non-hydrogen) atoms. The summed E-state index contributed by atoms with van der Waals surface area (Å²) in [6, 6.07) is 18.9. The molecule has 0 saturated heterocycles. The standard InChI is InChI=1S/C26H26O4/c1-26(2,3)30-25(28)16-19-5-9-20(10-6-19)24(27)14-8-18-7-11-22-17-23(29-4)13-12-21(22)15-18/h5-15,17H,16H2,1-4H3/b14-8+. The highest BCUT2D eigenvalue weighted by molar-refractivity contribution is 6.07. The van der Waals surface area contributed by atoms with Crippen molar-refractivity contribution in [3.63, 3.8) is 0 Å². The maximum atomic E-state index is 12.5. The second-order valence-electron chi connectivity index (χ2n) is 8.13. The number of ether oxygens (including phenoxy) is 2. The zero-order valence-electron chi connectivity index (χ0n) is 17.8. The number of carbonyl (C=O) groups excluding carboxylic acids is 2. The summed E-state index contributed by atoms with van der Waals surface area (Å²) in [6.45, 7) is 5.52. The fourth-order valence-corrected chi connectivity index (χ4v) is 3.07. The molecule has 0 aliphatic rings. The monoisotopic (exact) mass is 402 g/mol. The number of rotatable bonds is 6. The number of esters is 1. The molecule has 3 aromatic rings. The van der Waals surface area contributed by atoms with Crippen LogP contribution < -0.4 is 4.74 Å². The van der Waals surface area contributed by atoms with Crippen molar-refractivity contribution in [3.8, 4) is 5.75 Å². The summed E-state index contributed by atoms with van der Waals surface area (Å²) in [6.07, 6.45) is 3.55. The molecule has 0 heterocycles. The second kappa shape index (κ2) is 8.95. The van der Waals surface area contributed by atoms with Crippen molar-refractivity contribution >= 4 is 28.6 Å². The maximum Gasteiger partial charge on any atom is 0.310 e. The number of fused-ring (bicyclic) bond motifs is 1. The van der Waals surface area contributed by atoms with Crippen LogP contribution in [0.2, 0.25) is 0 Å². The van der Waals surface area contributed by atoms with Crippen LogP contribution in [0.3, 0.4) is 0 Å². The number of carbonyl (C=O) groups is 2. The van der Waals surface area contributed by atoms with E-state index in [0.717, 1.165) is 27.6 Å². The van der Waals surface area contributed by atoms with Crippen LogP contribution in [0.1, 0.15) is 42.3 Å². The third-order valence-corrected chi connectivity index (χ3v) is 4.51. The van der Waals surface area contributed by atoms with Gasteiger partial charge < -0.3 is 9.47 Å². The summed E-state index contributed by atoms with van der Waals surface area (Å²) in [5.74, 6) is 0.445. The van der Waals surface area contributed by atoms with Gasteiger partial charge in [0.15, 0.2) is 5.78 Å². The van der Waals surface area contributed by atoms with Gasteiger partial charge in [0, 0.05) is 5.56 Å². The largest absolute Gasteiger partial charge is 0.497 e. The molecule has 3 rings (SSSR count). The van der Waals surface area contributed by atoms with Crippen molar-refractivity contribution in [3.05, 3.63) is 83.4 Å². The van der Waals surface area contributed by atoms with Crippen molar-refractivity contribution in [2.45, 2.75) is 32.8 Å².